The summed E-state index contributed by atoms with van der Waals surface area (Å²) in [5.41, 5.74) is 5.62. The van der Waals surface area contributed by atoms with Crippen LogP contribution in [0, 0.1) is 16.0 Å². The fraction of sp³-hybridized carbons (Fsp3) is 0.636. The van der Waals surface area contributed by atoms with Gasteiger partial charge in [-0.15, -0.1) is 12.4 Å². The predicted octanol–water partition coefficient (Wildman–Crippen LogP) is 0.409. The molecule has 2 unspecified atom stereocenters. The van der Waals surface area contributed by atoms with Crippen molar-refractivity contribution >= 4 is 24.1 Å². The van der Waals surface area contributed by atoms with E-state index in [0.29, 0.717) is 19.0 Å². The average molecular weight is 304 g/mol. The van der Waals surface area contributed by atoms with Gasteiger partial charge in [0, 0.05) is 12.6 Å². The van der Waals surface area contributed by atoms with Gasteiger partial charge >= 0.3 is 5.82 Å². The Morgan fingerprint density at radius 1 is 1.65 bits per heavy atom. The lowest BCUT2D eigenvalue weighted by molar-refractivity contribution is -0.389. The lowest BCUT2D eigenvalue weighted by atomic mass is 10.1. The Kier molecular flexibility index (Phi) is 5.46. The number of nitrogens with two attached hydrogens (primary N) is 1. The maximum absolute atomic E-state index is 12.1. The van der Waals surface area contributed by atoms with E-state index in [4.69, 9.17) is 5.73 Å². The summed E-state index contributed by atoms with van der Waals surface area (Å²) in [6.45, 7) is 3.23. The van der Waals surface area contributed by atoms with Gasteiger partial charge in [-0.2, -0.15) is 4.68 Å². The monoisotopic (exact) mass is 303 g/mol. The number of hydrogen-bond acceptors (Lipinski definition) is 5. The molecule has 8 nitrogen and oxygen atoms in total. The first kappa shape index (κ1) is 16.4. The maximum atomic E-state index is 12.1. The third kappa shape index (κ3) is 3.45. The lowest BCUT2D eigenvalue weighted by Gasteiger charge is -2.20. The van der Waals surface area contributed by atoms with E-state index in [0.717, 1.165) is 6.42 Å². The van der Waals surface area contributed by atoms with E-state index in [1.54, 1.807) is 4.90 Å². The van der Waals surface area contributed by atoms with Crippen molar-refractivity contribution in [1.29, 1.82) is 0 Å². The number of nitrogens with zero attached hydrogens (tertiary/aromatic N) is 4. The van der Waals surface area contributed by atoms with Gasteiger partial charge in [0.15, 0.2) is 0 Å². The van der Waals surface area contributed by atoms with Crippen LogP contribution in [0.15, 0.2) is 12.3 Å². The molecule has 0 radical (unpaired) electrons. The molecule has 112 valence electrons. The molecule has 1 aromatic heterocycles. The Labute approximate surface area is 122 Å². The van der Waals surface area contributed by atoms with Crippen molar-refractivity contribution in [3.63, 3.8) is 0 Å². The summed E-state index contributed by atoms with van der Waals surface area (Å²) in [7, 11) is 0. The summed E-state index contributed by atoms with van der Waals surface area (Å²) in [5.74, 6) is 0.00876. The van der Waals surface area contributed by atoms with E-state index >= 15 is 0 Å². The first-order chi connectivity index (χ1) is 9.01. The van der Waals surface area contributed by atoms with Crippen molar-refractivity contribution in [3.05, 3.63) is 22.4 Å². The van der Waals surface area contributed by atoms with Crippen LogP contribution in [0.5, 0.6) is 0 Å². The van der Waals surface area contributed by atoms with Gasteiger partial charge in [-0.1, -0.05) is 0 Å². The third-order valence-electron chi connectivity index (χ3n) is 3.43. The lowest BCUT2D eigenvalue weighted by Crippen LogP contribution is -2.37. The number of carbonyl (C=O) groups is 1. The number of likely N-dealkylation sites (tertiary alicyclic amines) is 1. The van der Waals surface area contributed by atoms with Gasteiger partial charge in [-0.3, -0.25) is 4.79 Å². The zero-order valence-corrected chi connectivity index (χ0v) is 12.0. The summed E-state index contributed by atoms with van der Waals surface area (Å²) in [5, 5.41) is 14.2. The number of halogens is 1. The minimum atomic E-state index is -0.579. The summed E-state index contributed by atoms with van der Waals surface area (Å²) >= 11 is 0. The zero-order valence-electron chi connectivity index (χ0n) is 11.1. The molecule has 2 atom stereocenters. The second kappa shape index (κ2) is 6.67. The summed E-state index contributed by atoms with van der Waals surface area (Å²) < 4.78 is 1.29. The van der Waals surface area contributed by atoms with Gasteiger partial charge in [-0.05, 0) is 30.7 Å². The van der Waals surface area contributed by atoms with Crippen LogP contribution in [0.2, 0.25) is 0 Å². The van der Waals surface area contributed by atoms with Crippen LogP contribution in [-0.2, 0) is 11.3 Å². The standard InChI is InChI=1S/C11H17N5O3.ClH/c1-8-4-9(5-12)6-15(8)11(17)7-14-3-2-10(13-14)16(18)19;/h2-3,8-9H,4-7,12H2,1H3;1H. The molecule has 1 fully saturated rings. The molecule has 0 spiro atoms. The van der Waals surface area contributed by atoms with Gasteiger partial charge in [0.1, 0.15) is 6.54 Å². The molecule has 1 amide bonds. The van der Waals surface area contributed by atoms with Crippen LogP contribution in [0.3, 0.4) is 0 Å². The van der Waals surface area contributed by atoms with Crippen LogP contribution in [0.4, 0.5) is 5.82 Å². The SMILES string of the molecule is CC1CC(CN)CN1C(=O)Cn1ccc([N+](=O)[O-])n1.Cl. The van der Waals surface area contributed by atoms with Gasteiger partial charge in [0.05, 0.1) is 17.4 Å². The molecular weight excluding hydrogens is 286 g/mol. The van der Waals surface area contributed by atoms with Crippen molar-refractivity contribution in [2.24, 2.45) is 11.7 Å². The molecule has 0 bridgehead atoms. The van der Waals surface area contributed by atoms with Crippen LogP contribution in [0.1, 0.15) is 13.3 Å². The van der Waals surface area contributed by atoms with Crippen LogP contribution >= 0.6 is 12.4 Å². The molecule has 0 aliphatic carbocycles. The second-order valence-corrected chi connectivity index (χ2v) is 4.86. The first-order valence-corrected chi connectivity index (χ1v) is 6.18. The highest BCUT2D eigenvalue weighted by Gasteiger charge is 2.32. The fourth-order valence-corrected chi connectivity index (χ4v) is 2.43. The van der Waals surface area contributed by atoms with Crippen LogP contribution in [0.25, 0.3) is 0 Å². The molecule has 2 rings (SSSR count). The van der Waals surface area contributed by atoms with E-state index in [2.05, 4.69) is 5.10 Å². The quantitative estimate of drug-likeness (QED) is 0.640. The number of nitro groups is 1. The zero-order chi connectivity index (χ0) is 14.0. The Bertz CT molecular complexity index is 492. The fourth-order valence-electron chi connectivity index (χ4n) is 2.43. The van der Waals surface area contributed by atoms with E-state index < -0.39 is 4.92 Å². The molecule has 1 saturated heterocycles. The molecule has 1 aliphatic heterocycles. The minimum absolute atomic E-state index is 0. The van der Waals surface area contributed by atoms with Crippen molar-refractivity contribution < 1.29 is 9.72 Å². The van der Waals surface area contributed by atoms with Gasteiger partial charge in [-0.25, -0.2) is 0 Å². The summed E-state index contributed by atoms with van der Waals surface area (Å²) in [6, 6.07) is 1.44. The number of hydrogen-bond donors (Lipinski definition) is 1. The van der Waals surface area contributed by atoms with Crippen LogP contribution in [-0.4, -0.2) is 44.6 Å². The molecular formula is C11H18ClN5O3. The Morgan fingerprint density at radius 2 is 2.35 bits per heavy atom. The first-order valence-electron chi connectivity index (χ1n) is 6.18. The molecule has 20 heavy (non-hydrogen) atoms. The molecule has 0 aromatic carbocycles. The minimum Gasteiger partial charge on any atom is -0.358 e. The van der Waals surface area contributed by atoms with E-state index in [1.165, 1.54) is 16.9 Å². The molecule has 1 aromatic rings. The number of carbonyl (C=O) groups excluding carboxylic acids is 1. The van der Waals surface area contributed by atoms with Gasteiger partial charge in [0.25, 0.3) is 0 Å². The van der Waals surface area contributed by atoms with E-state index in [1.807, 2.05) is 6.92 Å². The highest BCUT2D eigenvalue weighted by Crippen LogP contribution is 2.22. The maximum Gasteiger partial charge on any atom is 0.389 e. The van der Waals surface area contributed by atoms with Crippen molar-refractivity contribution in [3.8, 4) is 0 Å². The third-order valence-corrected chi connectivity index (χ3v) is 3.43. The molecule has 2 heterocycles. The highest BCUT2D eigenvalue weighted by molar-refractivity contribution is 5.85. The summed E-state index contributed by atoms with van der Waals surface area (Å²) in [6.07, 6.45) is 2.35. The second-order valence-electron chi connectivity index (χ2n) is 4.86. The number of rotatable bonds is 4. The Hall–Kier alpha value is -1.67. The average Bonchev–Trinajstić information content (AvgIpc) is 2.95. The van der Waals surface area contributed by atoms with E-state index in [-0.39, 0.29) is 36.7 Å². The topological polar surface area (TPSA) is 107 Å². The molecule has 9 heteroatoms. The van der Waals surface area contributed by atoms with E-state index in [9.17, 15) is 14.9 Å². The number of amides is 1. The molecule has 1 aliphatic rings. The summed E-state index contributed by atoms with van der Waals surface area (Å²) in [4.78, 5) is 23.8. The van der Waals surface area contributed by atoms with Crippen LogP contribution < -0.4 is 5.73 Å². The largest absolute Gasteiger partial charge is 0.389 e. The Morgan fingerprint density at radius 3 is 2.85 bits per heavy atom. The smallest absolute Gasteiger partial charge is 0.358 e. The van der Waals surface area contributed by atoms with Gasteiger partial charge < -0.3 is 20.7 Å². The normalized spacial score (nSPS) is 21.6. The predicted molar refractivity (Wildman–Crippen MR) is 74.5 cm³/mol. The van der Waals surface area contributed by atoms with Crippen molar-refractivity contribution in [2.75, 3.05) is 13.1 Å². The highest BCUT2D eigenvalue weighted by atomic mass is 35.5. The Balaban J connectivity index is 0.00000200. The molecule has 2 N–H and O–H groups in total. The van der Waals surface area contributed by atoms with Gasteiger partial charge in [0.2, 0.25) is 5.91 Å². The number of aromatic nitrogens is 2. The molecule has 0 saturated carbocycles. The van der Waals surface area contributed by atoms with Crippen molar-refractivity contribution in [2.45, 2.75) is 25.9 Å². The van der Waals surface area contributed by atoms with Crippen molar-refractivity contribution in [1.82, 2.24) is 14.7 Å².